The van der Waals surface area contributed by atoms with Gasteiger partial charge >= 0.3 is 0 Å². The van der Waals surface area contributed by atoms with Crippen LogP contribution in [-0.2, 0) is 0 Å². The van der Waals surface area contributed by atoms with E-state index >= 15 is 0 Å². The topological polar surface area (TPSA) is 15.0 Å². The Morgan fingerprint density at radius 3 is 2.80 bits per heavy atom. The van der Waals surface area contributed by atoms with Gasteiger partial charge in [-0.2, -0.15) is 0 Å². The molecule has 0 aromatic rings. The standard InChI is InChI=1S/C8H16N2/c1-8(10-6-7-10)4-3-5-9-2/h3,5,8-9H,4,6-7H2,1-2H3/b5-3+. The molecule has 0 amide bonds. The molecule has 0 aliphatic carbocycles. The molecule has 1 aliphatic heterocycles. The van der Waals surface area contributed by atoms with E-state index in [1.165, 1.54) is 19.5 Å². The average molecular weight is 140 g/mol. The highest BCUT2D eigenvalue weighted by atomic mass is 15.3. The maximum absolute atomic E-state index is 2.98. The van der Waals surface area contributed by atoms with Crippen molar-refractivity contribution in [3.05, 3.63) is 12.3 Å². The van der Waals surface area contributed by atoms with E-state index in [2.05, 4.69) is 23.2 Å². The molecule has 1 heterocycles. The van der Waals surface area contributed by atoms with Gasteiger partial charge in [0.1, 0.15) is 0 Å². The molecule has 1 atom stereocenters. The third-order valence-electron chi connectivity index (χ3n) is 1.87. The van der Waals surface area contributed by atoms with Crippen LogP contribution in [0.15, 0.2) is 12.3 Å². The summed E-state index contributed by atoms with van der Waals surface area (Å²) in [6.45, 7) is 4.87. The fraction of sp³-hybridized carbons (Fsp3) is 0.750. The molecular weight excluding hydrogens is 124 g/mol. The highest BCUT2D eigenvalue weighted by Gasteiger charge is 2.22. The van der Waals surface area contributed by atoms with E-state index in [9.17, 15) is 0 Å². The fourth-order valence-corrected chi connectivity index (χ4v) is 1.03. The molecule has 58 valence electrons. The van der Waals surface area contributed by atoms with Gasteiger partial charge in [-0.05, 0) is 19.5 Å². The highest BCUT2D eigenvalue weighted by Crippen LogP contribution is 2.12. The van der Waals surface area contributed by atoms with Gasteiger partial charge in [-0.3, -0.25) is 4.90 Å². The van der Waals surface area contributed by atoms with Crippen molar-refractivity contribution in [1.82, 2.24) is 10.2 Å². The maximum atomic E-state index is 2.98. The van der Waals surface area contributed by atoms with Crippen molar-refractivity contribution < 1.29 is 0 Å². The van der Waals surface area contributed by atoms with Gasteiger partial charge in [-0.1, -0.05) is 6.08 Å². The number of hydrogen-bond donors (Lipinski definition) is 1. The zero-order chi connectivity index (χ0) is 7.40. The normalized spacial score (nSPS) is 21.4. The lowest BCUT2D eigenvalue weighted by Crippen LogP contribution is -2.12. The summed E-state index contributed by atoms with van der Waals surface area (Å²) in [5.41, 5.74) is 0. The molecule has 1 aliphatic rings. The van der Waals surface area contributed by atoms with Gasteiger partial charge in [0.25, 0.3) is 0 Å². The Hall–Kier alpha value is -0.500. The molecule has 2 nitrogen and oxygen atoms in total. The zero-order valence-corrected chi connectivity index (χ0v) is 6.80. The van der Waals surface area contributed by atoms with Crippen molar-refractivity contribution in [2.45, 2.75) is 19.4 Å². The molecular formula is C8H16N2. The molecule has 1 fully saturated rings. The number of nitrogens with one attached hydrogen (secondary N) is 1. The number of nitrogens with zero attached hydrogens (tertiary/aromatic N) is 1. The molecule has 0 saturated carbocycles. The van der Waals surface area contributed by atoms with E-state index in [0.29, 0.717) is 0 Å². The van der Waals surface area contributed by atoms with E-state index in [1.54, 1.807) is 0 Å². The van der Waals surface area contributed by atoms with Gasteiger partial charge in [-0.25, -0.2) is 0 Å². The third-order valence-corrected chi connectivity index (χ3v) is 1.87. The summed E-state index contributed by atoms with van der Waals surface area (Å²) < 4.78 is 0. The fourth-order valence-electron chi connectivity index (χ4n) is 1.03. The largest absolute Gasteiger partial charge is 0.394 e. The summed E-state index contributed by atoms with van der Waals surface area (Å²) >= 11 is 0. The highest BCUT2D eigenvalue weighted by molar-refractivity contribution is 4.87. The van der Waals surface area contributed by atoms with Gasteiger partial charge in [0.15, 0.2) is 0 Å². The average Bonchev–Trinajstić information content (AvgIpc) is 2.69. The van der Waals surface area contributed by atoms with Crippen LogP contribution in [0.5, 0.6) is 0 Å². The van der Waals surface area contributed by atoms with E-state index in [-0.39, 0.29) is 0 Å². The number of rotatable bonds is 4. The first kappa shape index (κ1) is 7.61. The van der Waals surface area contributed by atoms with Crippen LogP contribution in [0.25, 0.3) is 0 Å². The predicted molar refractivity (Wildman–Crippen MR) is 43.9 cm³/mol. The molecule has 1 unspecified atom stereocenters. The smallest absolute Gasteiger partial charge is 0.0113 e. The van der Waals surface area contributed by atoms with E-state index in [4.69, 9.17) is 0 Å². The molecule has 10 heavy (non-hydrogen) atoms. The summed E-state index contributed by atoms with van der Waals surface area (Å²) in [5.74, 6) is 0. The second kappa shape index (κ2) is 3.62. The lowest BCUT2D eigenvalue weighted by Gasteiger charge is -2.07. The molecule has 1 N–H and O–H groups in total. The van der Waals surface area contributed by atoms with Gasteiger partial charge in [0.05, 0.1) is 0 Å². The first-order valence-electron chi connectivity index (χ1n) is 3.91. The van der Waals surface area contributed by atoms with Crippen molar-refractivity contribution >= 4 is 0 Å². The van der Waals surface area contributed by atoms with Crippen LogP contribution in [0.3, 0.4) is 0 Å². The SMILES string of the molecule is CN/C=C/CC(C)N1CC1. The summed E-state index contributed by atoms with van der Waals surface area (Å²) in [7, 11) is 1.93. The minimum Gasteiger partial charge on any atom is -0.394 e. The van der Waals surface area contributed by atoms with E-state index in [1.807, 2.05) is 13.2 Å². The molecule has 0 radical (unpaired) electrons. The first-order valence-corrected chi connectivity index (χ1v) is 3.91. The van der Waals surface area contributed by atoms with Crippen molar-refractivity contribution in [2.75, 3.05) is 20.1 Å². The summed E-state index contributed by atoms with van der Waals surface area (Å²) in [4.78, 5) is 2.46. The molecule has 0 bridgehead atoms. The monoisotopic (exact) mass is 140 g/mol. The van der Waals surface area contributed by atoms with Gasteiger partial charge in [-0.15, -0.1) is 0 Å². The van der Waals surface area contributed by atoms with Crippen molar-refractivity contribution in [2.24, 2.45) is 0 Å². The van der Waals surface area contributed by atoms with Crippen LogP contribution in [0.2, 0.25) is 0 Å². The Morgan fingerprint density at radius 2 is 2.30 bits per heavy atom. The third kappa shape index (κ3) is 2.40. The molecule has 0 aromatic heterocycles. The van der Waals surface area contributed by atoms with Crippen LogP contribution in [0.1, 0.15) is 13.3 Å². The lowest BCUT2D eigenvalue weighted by atomic mass is 10.2. The van der Waals surface area contributed by atoms with Crippen LogP contribution in [-0.4, -0.2) is 31.1 Å². The quantitative estimate of drug-likeness (QED) is 0.581. The van der Waals surface area contributed by atoms with E-state index < -0.39 is 0 Å². The van der Waals surface area contributed by atoms with E-state index in [0.717, 1.165) is 6.04 Å². The molecule has 1 rings (SSSR count). The Morgan fingerprint density at radius 1 is 1.60 bits per heavy atom. The Kier molecular flexibility index (Phi) is 2.75. The second-order valence-corrected chi connectivity index (χ2v) is 2.81. The lowest BCUT2D eigenvalue weighted by molar-refractivity contribution is 0.431. The molecule has 0 spiro atoms. The van der Waals surface area contributed by atoms with Crippen molar-refractivity contribution in [3.8, 4) is 0 Å². The maximum Gasteiger partial charge on any atom is 0.0113 e. The summed E-state index contributed by atoms with van der Waals surface area (Å²) in [6, 6.07) is 0.740. The minimum atomic E-state index is 0.740. The Bertz CT molecular complexity index is 116. The summed E-state index contributed by atoms with van der Waals surface area (Å²) in [6.07, 6.45) is 5.35. The zero-order valence-electron chi connectivity index (χ0n) is 6.80. The van der Waals surface area contributed by atoms with Crippen LogP contribution in [0.4, 0.5) is 0 Å². The van der Waals surface area contributed by atoms with Crippen LogP contribution in [0, 0.1) is 0 Å². The van der Waals surface area contributed by atoms with Crippen molar-refractivity contribution in [3.63, 3.8) is 0 Å². The van der Waals surface area contributed by atoms with Crippen molar-refractivity contribution in [1.29, 1.82) is 0 Å². The van der Waals surface area contributed by atoms with Crippen LogP contribution < -0.4 is 5.32 Å². The predicted octanol–water partition coefficient (Wildman–Crippen LogP) is 0.814. The Balaban J connectivity index is 2.05. The summed E-state index contributed by atoms with van der Waals surface area (Å²) in [5, 5.41) is 2.98. The number of hydrogen-bond acceptors (Lipinski definition) is 2. The minimum absolute atomic E-state index is 0.740. The van der Waals surface area contributed by atoms with Gasteiger partial charge in [0, 0.05) is 26.2 Å². The molecule has 0 aromatic carbocycles. The van der Waals surface area contributed by atoms with Crippen LogP contribution >= 0.6 is 0 Å². The first-order chi connectivity index (χ1) is 4.84. The van der Waals surface area contributed by atoms with Gasteiger partial charge in [0.2, 0.25) is 0 Å². The van der Waals surface area contributed by atoms with Gasteiger partial charge < -0.3 is 5.32 Å². The molecule has 2 heteroatoms. The molecule has 1 saturated heterocycles. The second-order valence-electron chi connectivity index (χ2n) is 2.81. The Labute approximate surface area is 62.9 Å².